The van der Waals surface area contributed by atoms with E-state index in [4.69, 9.17) is 9.47 Å². The van der Waals surface area contributed by atoms with Crippen LogP contribution in [0.15, 0.2) is 0 Å². The topological polar surface area (TPSA) is 49.0 Å². The summed E-state index contributed by atoms with van der Waals surface area (Å²) in [4.78, 5) is 5.20. The van der Waals surface area contributed by atoms with E-state index in [-0.39, 0.29) is 0 Å². The molecule has 6 heteroatoms. The van der Waals surface area contributed by atoms with E-state index in [1.54, 1.807) is 7.11 Å². The monoisotopic (exact) mass is 326 g/mol. The molecule has 0 aromatic rings. The van der Waals surface area contributed by atoms with E-state index in [1.807, 2.05) is 0 Å². The maximum Gasteiger partial charge on any atom is 0.0615 e. The van der Waals surface area contributed by atoms with E-state index < -0.39 is 0 Å². The Hall–Kier alpha value is -0.240. The van der Waals surface area contributed by atoms with Crippen molar-refractivity contribution in [1.29, 1.82) is 0 Å². The number of nitrogens with zero attached hydrogens (tertiary/aromatic N) is 2. The molecule has 3 atom stereocenters. The van der Waals surface area contributed by atoms with Crippen LogP contribution in [0.25, 0.3) is 0 Å². The Labute approximate surface area is 140 Å². The lowest BCUT2D eigenvalue weighted by molar-refractivity contribution is 0.0354. The number of nitrogens with one attached hydrogen (secondary N) is 2. The van der Waals surface area contributed by atoms with Gasteiger partial charge in [0.1, 0.15) is 0 Å². The van der Waals surface area contributed by atoms with E-state index in [1.165, 1.54) is 39.0 Å². The number of piperazine rings is 1. The SMILES string of the molecule is COCC1CC(C2CN(CCCN3CCOCC3)CCN2)CN1. The maximum absolute atomic E-state index is 5.42. The summed E-state index contributed by atoms with van der Waals surface area (Å²) < 4.78 is 10.7. The fraction of sp³-hybridized carbons (Fsp3) is 1.00. The molecule has 6 nitrogen and oxygen atoms in total. The van der Waals surface area contributed by atoms with Gasteiger partial charge in [-0.15, -0.1) is 0 Å². The van der Waals surface area contributed by atoms with E-state index in [0.29, 0.717) is 12.1 Å². The first kappa shape index (κ1) is 17.6. The Morgan fingerprint density at radius 2 is 1.91 bits per heavy atom. The Balaban J connectivity index is 1.35. The highest BCUT2D eigenvalue weighted by Crippen LogP contribution is 2.20. The molecule has 0 aromatic carbocycles. The van der Waals surface area contributed by atoms with Crippen molar-refractivity contribution in [1.82, 2.24) is 20.4 Å². The highest BCUT2D eigenvalue weighted by atomic mass is 16.5. The predicted molar refractivity (Wildman–Crippen MR) is 91.9 cm³/mol. The lowest BCUT2D eigenvalue weighted by Crippen LogP contribution is -2.54. The van der Waals surface area contributed by atoms with Gasteiger partial charge in [0.25, 0.3) is 0 Å². The van der Waals surface area contributed by atoms with Gasteiger partial charge in [-0.3, -0.25) is 4.90 Å². The molecule has 0 aliphatic carbocycles. The molecule has 0 radical (unpaired) electrons. The van der Waals surface area contributed by atoms with E-state index in [2.05, 4.69) is 20.4 Å². The summed E-state index contributed by atoms with van der Waals surface area (Å²) in [5, 5.41) is 7.35. The number of methoxy groups -OCH3 is 1. The van der Waals surface area contributed by atoms with Crippen molar-refractivity contribution in [3.63, 3.8) is 0 Å². The molecule has 3 saturated heterocycles. The van der Waals surface area contributed by atoms with Crippen molar-refractivity contribution < 1.29 is 9.47 Å². The summed E-state index contributed by atoms with van der Waals surface area (Å²) in [5.41, 5.74) is 0. The third-order valence-corrected chi connectivity index (χ3v) is 5.53. The molecule has 0 bridgehead atoms. The Bertz CT molecular complexity index is 339. The van der Waals surface area contributed by atoms with Crippen LogP contribution in [0.1, 0.15) is 12.8 Å². The van der Waals surface area contributed by atoms with Gasteiger partial charge in [0.15, 0.2) is 0 Å². The summed E-state index contributed by atoms with van der Waals surface area (Å²) in [6.45, 7) is 12.0. The van der Waals surface area contributed by atoms with Crippen LogP contribution in [0.2, 0.25) is 0 Å². The fourth-order valence-electron chi connectivity index (χ4n) is 4.19. The van der Waals surface area contributed by atoms with Gasteiger partial charge >= 0.3 is 0 Å². The zero-order valence-electron chi connectivity index (χ0n) is 14.6. The molecule has 3 aliphatic rings. The van der Waals surface area contributed by atoms with Gasteiger partial charge in [-0.25, -0.2) is 0 Å². The third kappa shape index (κ3) is 5.37. The summed E-state index contributed by atoms with van der Waals surface area (Å²) in [5.74, 6) is 0.747. The average Bonchev–Trinajstić information content (AvgIpc) is 3.05. The Morgan fingerprint density at radius 3 is 2.74 bits per heavy atom. The molecular weight excluding hydrogens is 292 g/mol. The average molecular weight is 326 g/mol. The quantitative estimate of drug-likeness (QED) is 0.664. The standard InChI is InChI=1S/C17H34N4O2/c1-22-14-16-11-15(12-19-16)17-13-21(6-3-18-17)5-2-4-20-7-9-23-10-8-20/h15-19H,2-14H2,1H3. The summed E-state index contributed by atoms with van der Waals surface area (Å²) in [6.07, 6.45) is 2.52. The van der Waals surface area contributed by atoms with Crippen LogP contribution in [-0.2, 0) is 9.47 Å². The molecule has 3 aliphatic heterocycles. The maximum atomic E-state index is 5.42. The molecule has 23 heavy (non-hydrogen) atoms. The second kappa shape index (κ2) is 9.30. The summed E-state index contributed by atoms with van der Waals surface area (Å²) in [6, 6.07) is 1.19. The molecular formula is C17H34N4O2. The number of ether oxygens (including phenoxy) is 2. The van der Waals surface area contributed by atoms with Gasteiger partial charge in [-0.1, -0.05) is 0 Å². The van der Waals surface area contributed by atoms with Crippen molar-refractivity contribution in [3.8, 4) is 0 Å². The fourth-order valence-corrected chi connectivity index (χ4v) is 4.19. The lowest BCUT2D eigenvalue weighted by atomic mass is 9.95. The van der Waals surface area contributed by atoms with E-state index in [9.17, 15) is 0 Å². The van der Waals surface area contributed by atoms with Gasteiger partial charge in [0.2, 0.25) is 0 Å². The Kier molecular flexibility index (Phi) is 7.11. The molecule has 3 fully saturated rings. The molecule has 3 rings (SSSR count). The second-order valence-electron chi connectivity index (χ2n) is 7.23. The van der Waals surface area contributed by atoms with Crippen LogP contribution in [0, 0.1) is 5.92 Å². The summed E-state index contributed by atoms with van der Waals surface area (Å²) in [7, 11) is 1.80. The Morgan fingerprint density at radius 1 is 1.09 bits per heavy atom. The predicted octanol–water partition coefficient (Wildman–Crippen LogP) is -0.393. The van der Waals surface area contributed by atoms with Crippen molar-refractivity contribution in [2.75, 3.05) is 79.3 Å². The third-order valence-electron chi connectivity index (χ3n) is 5.53. The van der Waals surface area contributed by atoms with Crippen LogP contribution >= 0.6 is 0 Å². The first-order chi connectivity index (χ1) is 11.3. The van der Waals surface area contributed by atoms with Gasteiger partial charge in [0.05, 0.1) is 19.8 Å². The smallest absolute Gasteiger partial charge is 0.0615 e. The van der Waals surface area contributed by atoms with Crippen LogP contribution in [-0.4, -0.2) is 101 Å². The first-order valence-electron chi connectivity index (χ1n) is 9.33. The van der Waals surface area contributed by atoms with Gasteiger partial charge < -0.3 is 25.0 Å². The van der Waals surface area contributed by atoms with Crippen LogP contribution in [0.4, 0.5) is 0 Å². The number of hydrogen-bond donors (Lipinski definition) is 2. The minimum Gasteiger partial charge on any atom is -0.383 e. The van der Waals surface area contributed by atoms with Crippen molar-refractivity contribution in [2.45, 2.75) is 24.9 Å². The highest BCUT2D eigenvalue weighted by Gasteiger charge is 2.32. The van der Waals surface area contributed by atoms with Crippen LogP contribution in [0.3, 0.4) is 0 Å². The minimum absolute atomic E-state index is 0.545. The number of rotatable bonds is 7. The van der Waals surface area contributed by atoms with Crippen molar-refractivity contribution in [3.05, 3.63) is 0 Å². The molecule has 0 spiro atoms. The molecule has 3 heterocycles. The molecule has 0 aromatic heterocycles. The molecule has 0 amide bonds. The highest BCUT2D eigenvalue weighted by molar-refractivity contribution is 4.92. The normalized spacial score (nSPS) is 34.0. The van der Waals surface area contributed by atoms with Gasteiger partial charge in [-0.2, -0.15) is 0 Å². The van der Waals surface area contributed by atoms with Crippen molar-refractivity contribution in [2.24, 2.45) is 5.92 Å². The minimum atomic E-state index is 0.545. The van der Waals surface area contributed by atoms with Gasteiger partial charge in [-0.05, 0) is 38.4 Å². The molecule has 2 N–H and O–H groups in total. The molecule has 3 unspecified atom stereocenters. The molecule has 0 saturated carbocycles. The van der Waals surface area contributed by atoms with E-state index in [0.717, 1.165) is 51.9 Å². The lowest BCUT2D eigenvalue weighted by Gasteiger charge is -2.37. The largest absolute Gasteiger partial charge is 0.383 e. The number of hydrogen-bond acceptors (Lipinski definition) is 6. The van der Waals surface area contributed by atoms with Crippen LogP contribution < -0.4 is 10.6 Å². The number of morpholine rings is 1. The second-order valence-corrected chi connectivity index (χ2v) is 7.23. The van der Waals surface area contributed by atoms with Crippen molar-refractivity contribution >= 4 is 0 Å². The molecule has 134 valence electrons. The first-order valence-corrected chi connectivity index (χ1v) is 9.33. The zero-order chi connectivity index (χ0) is 15.9. The summed E-state index contributed by atoms with van der Waals surface area (Å²) >= 11 is 0. The van der Waals surface area contributed by atoms with Crippen LogP contribution in [0.5, 0.6) is 0 Å². The zero-order valence-corrected chi connectivity index (χ0v) is 14.6. The van der Waals surface area contributed by atoms with Gasteiger partial charge in [0, 0.05) is 51.9 Å². The van der Waals surface area contributed by atoms with E-state index >= 15 is 0 Å².